The van der Waals surface area contributed by atoms with Crippen molar-refractivity contribution in [2.75, 3.05) is 52.4 Å². The molecular weight excluding hydrogens is 645 g/mol. The molecule has 0 aromatic rings. The zero-order valence-corrected chi connectivity index (χ0v) is 35.4. The van der Waals surface area contributed by atoms with E-state index in [0.29, 0.717) is 12.8 Å². The molecule has 0 aromatic carbocycles. The lowest BCUT2D eigenvalue weighted by Crippen LogP contribution is -2.37. The third-order valence-electron chi connectivity index (χ3n) is 10.3. The third-order valence-corrected chi connectivity index (χ3v) is 10.3. The first-order valence-corrected chi connectivity index (χ1v) is 22.9. The number of carbonyl (C=O) groups is 2. The Morgan fingerprint density at radius 3 is 0.846 bits per heavy atom. The summed E-state index contributed by atoms with van der Waals surface area (Å²) < 4.78 is 0. The van der Waals surface area contributed by atoms with Crippen LogP contribution in [0.5, 0.6) is 0 Å². The molecule has 0 spiro atoms. The van der Waals surface area contributed by atoms with Crippen LogP contribution in [0, 0.1) is 0 Å². The van der Waals surface area contributed by atoms with Gasteiger partial charge in [0.25, 0.3) is 0 Å². The Labute approximate surface area is 324 Å². The van der Waals surface area contributed by atoms with E-state index in [1.54, 1.807) is 0 Å². The van der Waals surface area contributed by atoms with Crippen LogP contribution in [-0.2, 0) is 9.59 Å². The van der Waals surface area contributed by atoms with Crippen molar-refractivity contribution in [2.24, 2.45) is 0 Å². The van der Waals surface area contributed by atoms with Crippen molar-refractivity contribution in [3.63, 3.8) is 0 Å². The first-order chi connectivity index (χ1) is 25.5. The van der Waals surface area contributed by atoms with Gasteiger partial charge in [0.2, 0.25) is 11.8 Å². The van der Waals surface area contributed by atoms with Gasteiger partial charge >= 0.3 is 0 Å². The van der Waals surface area contributed by atoms with Gasteiger partial charge in [-0.15, -0.1) is 0 Å². The highest BCUT2D eigenvalue weighted by Gasteiger charge is 2.08. The molecule has 0 aromatic heterocycles. The number of hydrogen-bond acceptors (Lipinski definition) is 6. The SMILES string of the molecule is CCCCCCCCCCCCCCC(C)NC(=O)CCNCCNCCNCCNCCC(=O)NC(C)CCCCCCCCCCCCCC. The number of hydrogen-bond donors (Lipinski definition) is 6. The van der Waals surface area contributed by atoms with E-state index in [2.05, 4.69) is 59.6 Å². The van der Waals surface area contributed by atoms with Gasteiger partial charge in [-0.1, -0.05) is 168 Å². The number of rotatable bonds is 43. The quantitative estimate of drug-likeness (QED) is 0.0349. The first kappa shape index (κ1) is 50.8. The van der Waals surface area contributed by atoms with Gasteiger partial charge in [0.15, 0.2) is 0 Å². The van der Waals surface area contributed by atoms with Crippen molar-refractivity contribution in [3.8, 4) is 0 Å². The lowest BCUT2D eigenvalue weighted by molar-refractivity contribution is -0.122. The van der Waals surface area contributed by atoms with E-state index in [0.717, 1.165) is 65.2 Å². The van der Waals surface area contributed by atoms with Crippen LogP contribution in [0.4, 0.5) is 0 Å². The van der Waals surface area contributed by atoms with Crippen LogP contribution in [0.1, 0.15) is 207 Å². The molecule has 8 nitrogen and oxygen atoms in total. The highest BCUT2D eigenvalue weighted by molar-refractivity contribution is 5.76. The van der Waals surface area contributed by atoms with Crippen LogP contribution >= 0.6 is 0 Å². The molecule has 6 N–H and O–H groups in total. The Balaban J connectivity index is 3.37. The van der Waals surface area contributed by atoms with Crippen molar-refractivity contribution >= 4 is 11.8 Å². The van der Waals surface area contributed by atoms with E-state index in [1.807, 2.05) is 0 Å². The fourth-order valence-corrected chi connectivity index (χ4v) is 6.86. The largest absolute Gasteiger partial charge is 0.354 e. The Morgan fingerprint density at radius 1 is 0.346 bits per heavy atom. The van der Waals surface area contributed by atoms with Gasteiger partial charge in [-0.05, 0) is 26.7 Å². The molecule has 0 bridgehead atoms. The second kappa shape index (κ2) is 42.5. The van der Waals surface area contributed by atoms with Gasteiger partial charge in [-0.2, -0.15) is 0 Å². The van der Waals surface area contributed by atoms with Crippen molar-refractivity contribution in [2.45, 2.75) is 220 Å². The summed E-state index contributed by atoms with van der Waals surface area (Å²) in [6, 6.07) is 0.541. The molecule has 0 aliphatic heterocycles. The van der Waals surface area contributed by atoms with Crippen molar-refractivity contribution in [1.29, 1.82) is 0 Å². The van der Waals surface area contributed by atoms with Crippen molar-refractivity contribution in [1.82, 2.24) is 31.9 Å². The fourth-order valence-electron chi connectivity index (χ4n) is 6.86. The predicted molar refractivity (Wildman–Crippen MR) is 227 cm³/mol. The molecule has 8 heteroatoms. The van der Waals surface area contributed by atoms with Crippen LogP contribution in [-0.4, -0.2) is 76.3 Å². The minimum atomic E-state index is 0.157. The Hall–Kier alpha value is -1.22. The highest BCUT2D eigenvalue weighted by atomic mass is 16.2. The van der Waals surface area contributed by atoms with E-state index in [4.69, 9.17) is 0 Å². The van der Waals surface area contributed by atoms with Gasteiger partial charge in [-0.3, -0.25) is 9.59 Å². The van der Waals surface area contributed by atoms with Crippen molar-refractivity contribution in [3.05, 3.63) is 0 Å². The summed E-state index contributed by atoms with van der Waals surface area (Å²) in [6.45, 7) is 15.6. The standard InChI is InChI=1S/C44H92N6O2/c1-5-7-9-11-13-15-17-19-21-23-25-27-29-41(3)49-43(51)31-33-45-35-37-47-39-40-48-38-36-46-34-32-44(52)50-42(4)30-28-26-24-22-20-18-16-14-12-10-8-6-2/h41-42,45-48H,5-40H2,1-4H3,(H,49,51)(H,50,52). The van der Waals surface area contributed by atoms with E-state index in [1.165, 1.54) is 154 Å². The molecule has 52 heavy (non-hydrogen) atoms. The first-order valence-electron chi connectivity index (χ1n) is 22.9. The number of carbonyl (C=O) groups excluding carboxylic acids is 2. The second-order valence-electron chi connectivity index (χ2n) is 15.8. The normalized spacial score (nSPS) is 12.6. The van der Waals surface area contributed by atoms with Gasteiger partial charge in [0, 0.05) is 77.3 Å². The van der Waals surface area contributed by atoms with Crippen LogP contribution < -0.4 is 31.9 Å². The van der Waals surface area contributed by atoms with Crippen molar-refractivity contribution < 1.29 is 9.59 Å². The molecule has 0 heterocycles. The van der Waals surface area contributed by atoms with Gasteiger partial charge in [-0.25, -0.2) is 0 Å². The molecule has 0 aliphatic rings. The van der Waals surface area contributed by atoms with Crippen LogP contribution in [0.3, 0.4) is 0 Å². The number of unbranched alkanes of at least 4 members (excludes halogenated alkanes) is 22. The summed E-state index contributed by atoms with van der Waals surface area (Å²) in [5.41, 5.74) is 0. The van der Waals surface area contributed by atoms with Crippen LogP contribution in [0.2, 0.25) is 0 Å². The Kier molecular flexibility index (Phi) is 41.5. The number of nitrogens with one attached hydrogen (secondary N) is 6. The van der Waals surface area contributed by atoms with Crippen LogP contribution in [0.15, 0.2) is 0 Å². The molecule has 310 valence electrons. The summed E-state index contributed by atoms with van der Waals surface area (Å²) in [6.07, 6.45) is 36.1. The topological polar surface area (TPSA) is 106 Å². The third kappa shape index (κ3) is 41.5. The molecule has 0 radical (unpaired) electrons. The zero-order valence-electron chi connectivity index (χ0n) is 35.4. The molecule has 2 atom stereocenters. The monoisotopic (exact) mass is 737 g/mol. The summed E-state index contributed by atoms with van der Waals surface area (Å²) in [5, 5.41) is 20.0. The van der Waals surface area contributed by atoms with E-state index in [9.17, 15) is 9.59 Å². The van der Waals surface area contributed by atoms with E-state index in [-0.39, 0.29) is 23.9 Å². The number of amides is 2. The average Bonchev–Trinajstić information content (AvgIpc) is 3.12. The lowest BCUT2D eigenvalue weighted by Gasteiger charge is -2.14. The van der Waals surface area contributed by atoms with Crippen LogP contribution in [0.25, 0.3) is 0 Å². The second-order valence-corrected chi connectivity index (χ2v) is 15.8. The maximum absolute atomic E-state index is 12.3. The molecular formula is C44H92N6O2. The molecule has 2 unspecified atom stereocenters. The molecule has 0 rings (SSSR count). The van der Waals surface area contributed by atoms with Gasteiger partial charge in [0.05, 0.1) is 0 Å². The Morgan fingerprint density at radius 2 is 0.577 bits per heavy atom. The zero-order chi connectivity index (χ0) is 38.0. The summed E-state index contributed by atoms with van der Waals surface area (Å²) in [5.74, 6) is 0.315. The van der Waals surface area contributed by atoms with E-state index >= 15 is 0 Å². The highest BCUT2D eigenvalue weighted by Crippen LogP contribution is 2.14. The summed E-state index contributed by atoms with van der Waals surface area (Å²) >= 11 is 0. The van der Waals surface area contributed by atoms with Gasteiger partial charge in [0.1, 0.15) is 0 Å². The maximum atomic E-state index is 12.3. The van der Waals surface area contributed by atoms with Gasteiger partial charge < -0.3 is 31.9 Å². The molecule has 0 fully saturated rings. The Bertz CT molecular complexity index is 680. The smallest absolute Gasteiger partial charge is 0.221 e. The molecule has 0 saturated heterocycles. The summed E-state index contributed by atoms with van der Waals surface area (Å²) in [4.78, 5) is 24.5. The average molecular weight is 737 g/mol. The molecule has 0 saturated carbocycles. The molecule has 2 amide bonds. The molecule has 0 aliphatic carbocycles. The minimum Gasteiger partial charge on any atom is -0.354 e. The summed E-state index contributed by atoms with van der Waals surface area (Å²) in [7, 11) is 0. The fraction of sp³-hybridized carbons (Fsp3) is 0.955. The maximum Gasteiger partial charge on any atom is 0.221 e. The predicted octanol–water partition coefficient (Wildman–Crippen LogP) is 9.32. The minimum absolute atomic E-state index is 0.157. The van der Waals surface area contributed by atoms with E-state index < -0.39 is 0 Å². The lowest BCUT2D eigenvalue weighted by atomic mass is 10.0.